The largest absolute Gasteiger partial charge is 0.247 e. The normalized spacial score (nSPS) is 17.4. The van der Waals surface area contributed by atoms with Gasteiger partial charge in [-0.2, -0.15) is 0 Å². The zero-order valence-electron chi connectivity index (χ0n) is 26.9. The number of nitrogens with zero attached hydrogens (tertiary/aromatic N) is 1. The van der Waals surface area contributed by atoms with Gasteiger partial charge in [0.25, 0.3) is 0 Å². The van der Waals surface area contributed by atoms with Gasteiger partial charge in [-0.15, -0.1) is 0 Å². The molecule has 0 saturated heterocycles. The Bertz CT molecular complexity index is 2760. The number of rotatable bonds is 3. The van der Waals surface area contributed by atoms with Gasteiger partial charge < -0.3 is 0 Å². The van der Waals surface area contributed by atoms with Crippen LogP contribution in [0.3, 0.4) is 0 Å². The van der Waals surface area contributed by atoms with Crippen molar-refractivity contribution in [3.05, 3.63) is 186 Å². The molecule has 1 nitrogen and oxygen atoms in total. The van der Waals surface area contributed by atoms with Gasteiger partial charge in [0, 0.05) is 34.1 Å². The minimum Gasteiger partial charge on any atom is -0.247 e. The van der Waals surface area contributed by atoms with Crippen molar-refractivity contribution in [3.63, 3.8) is 0 Å². The Hall–Kier alpha value is -6.19. The van der Waals surface area contributed by atoms with E-state index in [4.69, 9.17) is 4.98 Å². The molecule has 6 aromatic carbocycles. The molecule has 2 atom stereocenters. The van der Waals surface area contributed by atoms with Crippen LogP contribution in [0.4, 0.5) is 8.78 Å². The fraction of sp³-hybridized carbons (Fsp3) is 0.0426. The van der Waals surface area contributed by atoms with Crippen LogP contribution in [0.15, 0.2) is 164 Å². The molecule has 0 N–H and O–H groups in total. The number of aromatic nitrogens is 1. The Morgan fingerprint density at radius 1 is 0.440 bits per heavy atom. The van der Waals surface area contributed by atoms with Gasteiger partial charge in [-0.25, -0.2) is 13.8 Å². The van der Waals surface area contributed by atoms with E-state index in [2.05, 4.69) is 140 Å². The molecular formula is C47H29F2N. The van der Waals surface area contributed by atoms with E-state index in [-0.39, 0.29) is 11.8 Å². The Balaban J connectivity index is 1.34. The van der Waals surface area contributed by atoms with E-state index in [1.54, 1.807) is 0 Å². The van der Waals surface area contributed by atoms with E-state index < -0.39 is 11.6 Å². The minimum absolute atomic E-state index is 0.0974. The number of fused-ring (bicyclic) bond motifs is 8. The van der Waals surface area contributed by atoms with Gasteiger partial charge >= 0.3 is 0 Å². The van der Waals surface area contributed by atoms with Gasteiger partial charge in [0.2, 0.25) is 0 Å². The van der Waals surface area contributed by atoms with Crippen molar-refractivity contribution in [1.82, 2.24) is 4.98 Å². The molecule has 0 amide bonds. The van der Waals surface area contributed by atoms with Crippen LogP contribution < -0.4 is 10.4 Å². The first kappa shape index (κ1) is 28.8. The second-order valence-electron chi connectivity index (χ2n) is 13.3. The van der Waals surface area contributed by atoms with Crippen LogP contribution >= 0.6 is 0 Å². The summed E-state index contributed by atoms with van der Waals surface area (Å²) in [6.45, 7) is 0. The van der Waals surface area contributed by atoms with Crippen LogP contribution in [0.25, 0.3) is 77.1 Å². The molecule has 0 aliphatic heterocycles. The first-order chi connectivity index (χ1) is 24.6. The molecule has 1 aromatic heterocycles. The van der Waals surface area contributed by atoms with Crippen LogP contribution in [0, 0.1) is 23.5 Å². The maximum atomic E-state index is 14.9. The summed E-state index contributed by atoms with van der Waals surface area (Å²) in [6, 6.07) is 38.1. The monoisotopic (exact) mass is 645 g/mol. The summed E-state index contributed by atoms with van der Waals surface area (Å²) in [6.07, 6.45) is 17.1. The molecule has 1 heterocycles. The number of allylic oxidation sites excluding steroid dienone is 8. The topological polar surface area (TPSA) is 12.9 Å². The average molecular weight is 646 g/mol. The molecule has 10 rings (SSSR count). The van der Waals surface area contributed by atoms with Gasteiger partial charge in [-0.05, 0) is 78.4 Å². The van der Waals surface area contributed by atoms with E-state index >= 15 is 0 Å². The summed E-state index contributed by atoms with van der Waals surface area (Å²) >= 11 is 0. The molecule has 3 aliphatic rings. The molecule has 0 saturated carbocycles. The molecule has 3 aliphatic carbocycles. The van der Waals surface area contributed by atoms with E-state index in [1.165, 1.54) is 39.6 Å². The lowest BCUT2D eigenvalue weighted by Gasteiger charge is -2.32. The van der Waals surface area contributed by atoms with E-state index in [0.717, 1.165) is 54.9 Å². The third kappa shape index (κ3) is 4.33. The lowest BCUT2D eigenvalue weighted by molar-refractivity contribution is 0.584. The molecule has 50 heavy (non-hydrogen) atoms. The fourth-order valence-electron chi connectivity index (χ4n) is 8.50. The first-order valence-electron chi connectivity index (χ1n) is 17.0. The Kier molecular flexibility index (Phi) is 6.44. The second-order valence-corrected chi connectivity index (χ2v) is 13.3. The second kappa shape index (κ2) is 11.2. The van der Waals surface area contributed by atoms with Gasteiger partial charge in [0.1, 0.15) is 11.6 Å². The van der Waals surface area contributed by atoms with E-state index in [0.29, 0.717) is 11.3 Å². The molecule has 2 unspecified atom stereocenters. The lowest BCUT2D eigenvalue weighted by atomic mass is 9.71. The third-order valence-electron chi connectivity index (χ3n) is 10.5. The zero-order valence-corrected chi connectivity index (χ0v) is 26.9. The smallest absolute Gasteiger partial charge is 0.126 e. The van der Waals surface area contributed by atoms with Crippen molar-refractivity contribution >= 4 is 43.6 Å². The average Bonchev–Trinajstić information content (AvgIpc) is 3.16. The Morgan fingerprint density at radius 2 is 0.980 bits per heavy atom. The minimum atomic E-state index is -0.622. The van der Waals surface area contributed by atoms with E-state index in [9.17, 15) is 8.78 Å². The number of benzene rings is 6. The van der Waals surface area contributed by atoms with Crippen molar-refractivity contribution in [1.29, 1.82) is 0 Å². The molecule has 0 spiro atoms. The summed E-state index contributed by atoms with van der Waals surface area (Å²) in [5.74, 6) is -1.00. The number of hydrogen-bond donors (Lipinski definition) is 0. The van der Waals surface area contributed by atoms with Crippen LogP contribution in [0.2, 0.25) is 0 Å². The highest BCUT2D eigenvalue weighted by molar-refractivity contribution is 6.21. The number of hydrogen-bond acceptors (Lipinski definition) is 1. The molecular weight excluding hydrogens is 617 g/mol. The van der Waals surface area contributed by atoms with Crippen LogP contribution in [0.5, 0.6) is 0 Å². The number of pyridine rings is 1. The first-order valence-corrected chi connectivity index (χ1v) is 17.0. The lowest BCUT2D eigenvalue weighted by Crippen LogP contribution is -2.41. The molecule has 0 radical (unpaired) electrons. The van der Waals surface area contributed by atoms with Crippen molar-refractivity contribution in [2.75, 3.05) is 0 Å². The predicted octanol–water partition coefficient (Wildman–Crippen LogP) is 10.6. The molecule has 0 fully saturated rings. The Morgan fingerprint density at radius 3 is 1.58 bits per heavy atom. The highest BCUT2D eigenvalue weighted by atomic mass is 19.1. The predicted molar refractivity (Wildman–Crippen MR) is 203 cm³/mol. The quantitative estimate of drug-likeness (QED) is 0.174. The summed E-state index contributed by atoms with van der Waals surface area (Å²) in [4.78, 5) is 5.31. The highest BCUT2D eigenvalue weighted by Crippen LogP contribution is 2.44. The van der Waals surface area contributed by atoms with E-state index in [1.807, 2.05) is 6.08 Å². The summed E-state index contributed by atoms with van der Waals surface area (Å²) in [5.41, 5.74) is 8.67. The summed E-state index contributed by atoms with van der Waals surface area (Å²) in [7, 11) is 0. The summed E-state index contributed by atoms with van der Waals surface area (Å²) < 4.78 is 29.7. The fourth-order valence-corrected chi connectivity index (χ4v) is 8.50. The van der Waals surface area contributed by atoms with Crippen LogP contribution in [-0.4, -0.2) is 4.98 Å². The van der Waals surface area contributed by atoms with Crippen molar-refractivity contribution in [2.24, 2.45) is 11.8 Å². The molecule has 236 valence electrons. The van der Waals surface area contributed by atoms with Crippen LogP contribution in [0.1, 0.15) is 0 Å². The Labute approximate surface area is 287 Å². The number of halogens is 2. The maximum absolute atomic E-state index is 14.9. The SMILES string of the molecule is Fc1cc(F)cc(-c2nc3cc(-c4c5ccccc5c(-c5ccccc5)c5ccccc45)ccc3c3c2=C2C=CC=CC2C2C=CC=CC=32)c1. The molecule has 3 heteroatoms. The zero-order chi connectivity index (χ0) is 33.3. The van der Waals surface area contributed by atoms with Crippen molar-refractivity contribution in [3.8, 4) is 33.5 Å². The van der Waals surface area contributed by atoms with Gasteiger partial charge in [-0.1, -0.05) is 140 Å². The highest BCUT2D eigenvalue weighted by Gasteiger charge is 2.31. The van der Waals surface area contributed by atoms with Gasteiger partial charge in [0.15, 0.2) is 0 Å². The summed E-state index contributed by atoms with van der Waals surface area (Å²) in [5, 5.41) is 7.71. The standard InChI is InChI=1S/C47H29F2N/c48-31-24-30(25-32(49)27-31)47-46-36-17-7-5-15-34(36)33-14-4-6-16-35(33)45(46)41-23-22-29(26-42(41)50-47)44-39-20-10-8-18-37(39)43(28-12-2-1-3-13-28)38-19-9-11-21-40(38)44/h1-27,33-34H. The van der Waals surface area contributed by atoms with Gasteiger partial charge in [0.05, 0.1) is 11.2 Å². The molecule has 7 aromatic rings. The molecule has 0 bridgehead atoms. The van der Waals surface area contributed by atoms with Gasteiger partial charge in [-0.3, -0.25) is 0 Å². The maximum Gasteiger partial charge on any atom is 0.126 e. The van der Waals surface area contributed by atoms with Crippen molar-refractivity contribution in [2.45, 2.75) is 0 Å². The van der Waals surface area contributed by atoms with Crippen LogP contribution in [-0.2, 0) is 0 Å². The third-order valence-corrected chi connectivity index (χ3v) is 10.5. The van der Waals surface area contributed by atoms with Crippen molar-refractivity contribution < 1.29 is 8.78 Å².